The van der Waals surface area contributed by atoms with Crippen LogP contribution >= 0.6 is 0 Å². The highest BCUT2D eigenvalue weighted by atomic mass is 32.2. The van der Waals surface area contributed by atoms with Crippen LogP contribution < -0.4 is 24.2 Å². The lowest BCUT2D eigenvalue weighted by Gasteiger charge is -2.12. The molecule has 30 heavy (non-hydrogen) atoms. The van der Waals surface area contributed by atoms with Crippen LogP contribution in [0.5, 0.6) is 17.5 Å². The summed E-state index contributed by atoms with van der Waals surface area (Å²) in [6.45, 7) is 2.40. The van der Waals surface area contributed by atoms with Crippen LogP contribution in [-0.2, 0) is 11.0 Å². The summed E-state index contributed by atoms with van der Waals surface area (Å²) in [4.78, 5) is 23.4. The molecular formula is C16H20F3N5O5S. The van der Waals surface area contributed by atoms with Crippen molar-refractivity contribution in [2.24, 2.45) is 0 Å². The van der Waals surface area contributed by atoms with Gasteiger partial charge in [0.05, 0.1) is 20.3 Å². The van der Waals surface area contributed by atoms with Crippen LogP contribution in [0.2, 0.25) is 0 Å². The third-order valence-electron chi connectivity index (χ3n) is 2.81. The minimum Gasteiger partial charge on any atom is -0.481 e. The lowest BCUT2D eigenvalue weighted by atomic mass is 10.4. The Morgan fingerprint density at radius 2 is 1.77 bits per heavy atom. The summed E-state index contributed by atoms with van der Waals surface area (Å²) < 4.78 is 65.6. The smallest absolute Gasteiger partial charge is 0.422 e. The summed E-state index contributed by atoms with van der Waals surface area (Å²) in [5, 5.41) is 1.80. The van der Waals surface area contributed by atoms with Crippen LogP contribution in [0.4, 0.5) is 23.9 Å². The molecule has 0 aliphatic heterocycles. The highest BCUT2D eigenvalue weighted by molar-refractivity contribution is 7.83. The Kier molecular flexibility index (Phi) is 9.74. The van der Waals surface area contributed by atoms with E-state index in [1.807, 2.05) is 18.6 Å². The third-order valence-corrected chi connectivity index (χ3v) is 3.84. The molecule has 0 spiro atoms. The van der Waals surface area contributed by atoms with Gasteiger partial charge in [0, 0.05) is 6.20 Å². The number of aromatic nitrogens is 3. The molecule has 2 aromatic heterocycles. The number of nitrogens with zero attached hydrogens (tertiary/aromatic N) is 3. The van der Waals surface area contributed by atoms with Crippen molar-refractivity contribution in [2.75, 3.05) is 26.1 Å². The number of methoxy groups -OCH3 is 2. The molecule has 0 bridgehead atoms. The first-order valence-corrected chi connectivity index (χ1v) is 9.48. The molecule has 0 aliphatic rings. The molecule has 2 rings (SSSR count). The first kappa shape index (κ1) is 24.9. The van der Waals surface area contributed by atoms with E-state index in [1.54, 1.807) is 0 Å². The van der Waals surface area contributed by atoms with Gasteiger partial charge >= 0.3 is 12.2 Å². The Balaban J connectivity index is 0.00000218. The summed E-state index contributed by atoms with van der Waals surface area (Å²) in [6, 6.07) is 2.78. The zero-order valence-electron chi connectivity index (χ0n) is 16.4. The van der Waals surface area contributed by atoms with Gasteiger partial charge in [0.2, 0.25) is 17.7 Å². The average Bonchev–Trinajstić information content (AvgIpc) is 2.72. The number of carbonyl (C=O) groups is 1. The number of alkyl halides is 3. The van der Waals surface area contributed by atoms with Crippen LogP contribution in [0.25, 0.3) is 0 Å². The molecule has 1 unspecified atom stereocenters. The molecule has 0 aliphatic carbocycles. The van der Waals surface area contributed by atoms with Gasteiger partial charge in [0.1, 0.15) is 0 Å². The van der Waals surface area contributed by atoms with E-state index in [9.17, 15) is 22.2 Å². The fourth-order valence-electron chi connectivity index (χ4n) is 1.71. The number of hydrogen-bond donors (Lipinski definition) is 2. The SMILES string of the molecule is CC.COc1cc(OC)nc(NC(=O)NS(=O)c2ncccc2OCC(F)(F)F)n1. The first-order chi connectivity index (χ1) is 14.2. The molecule has 0 radical (unpaired) electrons. The van der Waals surface area contributed by atoms with Crippen LogP contribution in [-0.4, -0.2) is 52.2 Å². The molecule has 10 nitrogen and oxygen atoms in total. The Bertz CT molecular complexity index is 847. The molecule has 2 heterocycles. The lowest BCUT2D eigenvalue weighted by molar-refractivity contribution is -0.153. The predicted octanol–water partition coefficient (Wildman–Crippen LogP) is 2.70. The summed E-state index contributed by atoms with van der Waals surface area (Å²) in [6.07, 6.45) is -3.41. The molecule has 0 aromatic carbocycles. The molecule has 1 atom stereocenters. The van der Waals surface area contributed by atoms with Crippen molar-refractivity contribution in [1.82, 2.24) is 19.7 Å². The number of rotatable bonds is 7. The fourth-order valence-corrected chi connectivity index (χ4v) is 2.50. The van der Waals surface area contributed by atoms with Crippen LogP contribution in [0, 0.1) is 0 Å². The first-order valence-electron chi connectivity index (χ1n) is 8.33. The average molecular weight is 451 g/mol. The normalized spacial score (nSPS) is 11.4. The molecule has 2 N–H and O–H groups in total. The number of nitrogens with one attached hydrogen (secondary N) is 2. The maximum atomic E-state index is 12.3. The molecule has 166 valence electrons. The van der Waals surface area contributed by atoms with E-state index >= 15 is 0 Å². The van der Waals surface area contributed by atoms with Gasteiger partial charge in [-0.05, 0) is 12.1 Å². The Hall–Kier alpha value is -3.16. The van der Waals surface area contributed by atoms with Gasteiger partial charge in [-0.3, -0.25) is 10.0 Å². The maximum absolute atomic E-state index is 12.3. The minimum atomic E-state index is -4.60. The van der Waals surface area contributed by atoms with Crippen molar-refractivity contribution in [3.05, 3.63) is 24.4 Å². The quantitative estimate of drug-likeness (QED) is 0.658. The van der Waals surface area contributed by atoms with E-state index in [-0.39, 0.29) is 17.7 Å². The fraction of sp³-hybridized carbons (Fsp3) is 0.375. The van der Waals surface area contributed by atoms with Crippen LogP contribution in [0.1, 0.15) is 13.8 Å². The van der Waals surface area contributed by atoms with Crippen LogP contribution in [0.3, 0.4) is 0 Å². The van der Waals surface area contributed by atoms with Gasteiger partial charge in [-0.1, -0.05) is 13.8 Å². The predicted molar refractivity (Wildman–Crippen MR) is 101 cm³/mol. The number of amides is 2. The summed E-state index contributed by atoms with van der Waals surface area (Å²) in [5.74, 6) is -0.426. The second-order valence-electron chi connectivity index (χ2n) is 4.81. The summed E-state index contributed by atoms with van der Waals surface area (Å²) >= 11 is 0. The van der Waals surface area contributed by atoms with Crippen molar-refractivity contribution in [3.8, 4) is 17.5 Å². The van der Waals surface area contributed by atoms with Gasteiger partial charge < -0.3 is 14.2 Å². The molecule has 2 aromatic rings. The number of pyridine rings is 1. The van der Waals surface area contributed by atoms with Crippen molar-refractivity contribution in [1.29, 1.82) is 0 Å². The zero-order chi connectivity index (χ0) is 22.7. The molecular weight excluding hydrogens is 431 g/mol. The number of carbonyl (C=O) groups excluding carboxylic acids is 1. The number of hydrogen-bond acceptors (Lipinski definition) is 8. The van der Waals surface area contributed by atoms with E-state index in [0.717, 1.165) is 6.07 Å². The topological polar surface area (TPSA) is 125 Å². The van der Waals surface area contributed by atoms with Gasteiger partial charge in [-0.25, -0.2) is 14.0 Å². The summed E-state index contributed by atoms with van der Waals surface area (Å²) in [5.41, 5.74) is 0. The highest BCUT2D eigenvalue weighted by Gasteiger charge is 2.29. The zero-order valence-corrected chi connectivity index (χ0v) is 17.3. The second kappa shape index (κ2) is 11.7. The van der Waals surface area contributed by atoms with Crippen molar-refractivity contribution in [2.45, 2.75) is 25.0 Å². The van der Waals surface area contributed by atoms with E-state index < -0.39 is 40.6 Å². The Labute approximate surface area is 172 Å². The second-order valence-corrected chi connectivity index (χ2v) is 5.94. The molecule has 14 heteroatoms. The minimum absolute atomic E-state index is 0.0934. The van der Waals surface area contributed by atoms with Crippen LogP contribution in [0.15, 0.2) is 29.4 Å². The van der Waals surface area contributed by atoms with E-state index in [1.165, 1.54) is 32.5 Å². The molecule has 0 saturated carbocycles. The number of ether oxygens (including phenoxy) is 3. The van der Waals surface area contributed by atoms with Gasteiger partial charge in [-0.2, -0.15) is 23.1 Å². The summed E-state index contributed by atoms with van der Waals surface area (Å²) in [7, 11) is 0.350. The Morgan fingerprint density at radius 3 is 2.30 bits per heavy atom. The molecule has 0 saturated heterocycles. The molecule has 0 fully saturated rings. The van der Waals surface area contributed by atoms with Crippen molar-refractivity contribution >= 4 is 23.0 Å². The molecule has 2 amide bonds. The van der Waals surface area contributed by atoms with E-state index in [0.29, 0.717) is 0 Å². The third kappa shape index (κ3) is 8.06. The van der Waals surface area contributed by atoms with Crippen molar-refractivity contribution < 1.29 is 36.4 Å². The van der Waals surface area contributed by atoms with Crippen molar-refractivity contribution in [3.63, 3.8) is 0 Å². The van der Waals surface area contributed by atoms with E-state index in [2.05, 4.69) is 25.0 Å². The monoisotopic (exact) mass is 451 g/mol. The largest absolute Gasteiger partial charge is 0.481 e. The number of urea groups is 1. The van der Waals surface area contributed by atoms with Gasteiger partial charge in [0.25, 0.3) is 0 Å². The van der Waals surface area contributed by atoms with E-state index in [4.69, 9.17) is 9.47 Å². The number of anilines is 1. The van der Waals surface area contributed by atoms with Gasteiger partial charge in [0.15, 0.2) is 28.4 Å². The standard InChI is InChI=1S/C14H14F3N5O5S.C2H6/c1-25-9-6-10(26-2)20-12(19-9)21-13(23)22-28(24)11-8(4-3-5-18-11)27-7-14(15,16)17;1-2/h3-6H,7H2,1-2H3,(H2,19,20,21,22,23);1-2H3. The van der Waals surface area contributed by atoms with Gasteiger partial charge in [-0.15, -0.1) is 0 Å². The highest BCUT2D eigenvalue weighted by Crippen LogP contribution is 2.22. The lowest BCUT2D eigenvalue weighted by Crippen LogP contribution is -2.32. The number of halogens is 3. The Morgan fingerprint density at radius 1 is 1.17 bits per heavy atom. The maximum Gasteiger partial charge on any atom is 0.422 e.